The summed E-state index contributed by atoms with van der Waals surface area (Å²) in [6, 6.07) is -0.0969. The number of hydrogen-bond acceptors (Lipinski definition) is 4. The standard InChI is InChI=1S/C12H18N4O2/c1-7-4-5-16(9(7)6-17)12(18)11-13-10(14-15-11)8-2-3-8/h7-9,17H,2-6H2,1H3,(H,13,14,15). The van der Waals surface area contributed by atoms with Gasteiger partial charge < -0.3 is 10.0 Å². The number of nitrogens with one attached hydrogen (secondary N) is 1. The van der Waals surface area contributed by atoms with Crippen molar-refractivity contribution in [2.75, 3.05) is 13.2 Å². The van der Waals surface area contributed by atoms with Gasteiger partial charge in [-0.2, -0.15) is 0 Å². The van der Waals surface area contributed by atoms with Crippen LogP contribution in [0.4, 0.5) is 0 Å². The number of amides is 1. The van der Waals surface area contributed by atoms with Crippen LogP contribution in [0.15, 0.2) is 0 Å². The van der Waals surface area contributed by atoms with Crippen molar-refractivity contribution < 1.29 is 9.90 Å². The number of aromatic nitrogens is 3. The van der Waals surface area contributed by atoms with Gasteiger partial charge in [-0.3, -0.25) is 9.89 Å². The highest BCUT2D eigenvalue weighted by atomic mass is 16.3. The predicted molar refractivity (Wildman–Crippen MR) is 64.0 cm³/mol. The molecule has 0 radical (unpaired) electrons. The second-order valence-electron chi connectivity index (χ2n) is 5.33. The first-order valence-corrected chi connectivity index (χ1v) is 6.55. The molecule has 2 unspecified atom stereocenters. The van der Waals surface area contributed by atoms with Gasteiger partial charge in [0.15, 0.2) is 0 Å². The van der Waals surface area contributed by atoms with E-state index in [-0.39, 0.29) is 24.4 Å². The highest BCUT2D eigenvalue weighted by Gasteiger charge is 2.36. The maximum atomic E-state index is 12.3. The fourth-order valence-electron chi connectivity index (χ4n) is 2.58. The van der Waals surface area contributed by atoms with Crippen molar-refractivity contribution in [3.05, 3.63) is 11.6 Å². The van der Waals surface area contributed by atoms with Gasteiger partial charge in [-0.1, -0.05) is 6.92 Å². The molecule has 1 aromatic rings. The Hall–Kier alpha value is -1.43. The van der Waals surface area contributed by atoms with Crippen molar-refractivity contribution in [3.8, 4) is 0 Å². The molecule has 1 aromatic heterocycles. The molecule has 6 heteroatoms. The number of nitrogens with zero attached hydrogens (tertiary/aromatic N) is 3. The van der Waals surface area contributed by atoms with Crippen LogP contribution < -0.4 is 0 Å². The number of aliphatic hydroxyl groups is 1. The smallest absolute Gasteiger partial charge is 0.293 e. The molecule has 1 aliphatic heterocycles. The number of hydrogen-bond donors (Lipinski definition) is 2. The van der Waals surface area contributed by atoms with Gasteiger partial charge in [0.25, 0.3) is 5.91 Å². The van der Waals surface area contributed by atoms with Gasteiger partial charge in [-0.05, 0) is 25.2 Å². The molecule has 2 heterocycles. The van der Waals surface area contributed by atoms with Crippen LogP contribution in [0.2, 0.25) is 0 Å². The number of rotatable bonds is 3. The first kappa shape index (κ1) is 11.6. The number of carbonyl (C=O) groups excluding carboxylic acids is 1. The van der Waals surface area contributed by atoms with E-state index in [1.54, 1.807) is 4.90 Å². The zero-order valence-electron chi connectivity index (χ0n) is 10.5. The third-order valence-corrected chi connectivity index (χ3v) is 3.99. The Morgan fingerprint density at radius 1 is 1.50 bits per heavy atom. The lowest BCUT2D eigenvalue weighted by Crippen LogP contribution is -2.40. The number of likely N-dealkylation sites (tertiary alicyclic amines) is 1. The summed E-state index contributed by atoms with van der Waals surface area (Å²) in [6.07, 6.45) is 3.18. The number of carbonyl (C=O) groups is 1. The zero-order valence-corrected chi connectivity index (χ0v) is 10.5. The molecule has 1 saturated heterocycles. The first-order valence-electron chi connectivity index (χ1n) is 6.55. The minimum absolute atomic E-state index is 0.00676. The Labute approximate surface area is 105 Å². The van der Waals surface area contributed by atoms with Crippen molar-refractivity contribution in [1.29, 1.82) is 0 Å². The van der Waals surface area contributed by atoms with Crippen molar-refractivity contribution in [1.82, 2.24) is 20.1 Å². The van der Waals surface area contributed by atoms with E-state index in [0.29, 0.717) is 18.4 Å². The first-order chi connectivity index (χ1) is 8.70. The van der Waals surface area contributed by atoms with E-state index in [1.165, 1.54) is 0 Å². The minimum atomic E-state index is -0.165. The number of aliphatic hydroxyl groups excluding tert-OH is 1. The van der Waals surface area contributed by atoms with Crippen molar-refractivity contribution >= 4 is 5.91 Å². The highest BCUT2D eigenvalue weighted by molar-refractivity contribution is 5.90. The lowest BCUT2D eigenvalue weighted by molar-refractivity contribution is 0.0636. The van der Waals surface area contributed by atoms with Gasteiger partial charge in [0, 0.05) is 12.5 Å². The third-order valence-electron chi connectivity index (χ3n) is 3.99. The fourth-order valence-corrected chi connectivity index (χ4v) is 2.58. The number of H-pyrrole nitrogens is 1. The van der Waals surface area contributed by atoms with E-state index >= 15 is 0 Å². The summed E-state index contributed by atoms with van der Waals surface area (Å²) in [4.78, 5) is 18.3. The molecule has 1 amide bonds. The molecule has 6 nitrogen and oxygen atoms in total. The zero-order chi connectivity index (χ0) is 12.7. The third kappa shape index (κ3) is 1.90. The molecular weight excluding hydrogens is 232 g/mol. The molecule has 3 rings (SSSR count). The van der Waals surface area contributed by atoms with E-state index in [1.807, 2.05) is 0 Å². The van der Waals surface area contributed by atoms with Crippen LogP contribution in [-0.4, -0.2) is 50.3 Å². The molecule has 2 atom stereocenters. The predicted octanol–water partition coefficient (Wildman–Crippen LogP) is 0.525. The molecule has 2 aliphatic rings. The average Bonchev–Trinajstić information content (AvgIpc) is 2.99. The summed E-state index contributed by atoms with van der Waals surface area (Å²) in [6.45, 7) is 2.74. The Balaban J connectivity index is 1.76. The van der Waals surface area contributed by atoms with Gasteiger partial charge in [0.05, 0.1) is 12.6 Å². The molecule has 2 fully saturated rings. The second kappa shape index (κ2) is 4.35. The van der Waals surface area contributed by atoms with Gasteiger partial charge in [-0.25, -0.2) is 4.98 Å². The van der Waals surface area contributed by atoms with Crippen molar-refractivity contribution in [3.63, 3.8) is 0 Å². The van der Waals surface area contributed by atoms with Crippen molar-refractivity contribution in [2.45, 2.75) is 38.1 Å². The molecule has 0 spiro atoms. The second-order valence-corrected chi connectivity index (χ2v) is 5.33. The van der Waals surface area contributed by atoms with Crippen LogP contribution in [-0.2, 0) is 0 Å². The topological polar surface area (TPSA) is 82.1 Å². The van der Waals surface area contributed by atoms with E-state index in [0.717, 1.165) is 25.1 Å². The van der Waals surface area contributed by atoms with Crippen LogP contribution in [0.25, 0.3) is 0 Å². The fraction of sp³-hybridized carbons (Fsp3) is 0.750. The van der Waals surface area contributed by atoms with E-state index < -0.39 is 0 Å². The molecule has 1 aliphatic carbocycles. The molecule has 0 aromatic carbocycles. The molecular formula is C12H18N4O2. The number of aromatic amines is 1. The Morgan fingerprint density at radius 3 is 2.94 bits per heavy atom. The molecule has 2 N–H and O–H groups in total. The summed E-state index contributed by atoms with van der Waals surface area (Å²) in [5, 5.41) is 16.2. The van der Waals surface area contributed by atoms with E-state index in [9.17, 15) is 9.90 Å². The summed E-state index contributed by atoms with van der Waals surface area (Å²) < 4.78 is 0. The SMILES string of the molecule is CC1CCN(C(=O)c2n[nH]c(C3CC3)n2)C1CO. The Kier molecular flexibility index (Phi) is 2.81. The summed E-state index contributed by atoms with van der Waals surface area (Å²) in [7, 11) is 0. The van der Waals surface area contributed by atoms with Gasteiger partial charge in [0.2, 0.25) is 5.82 Å². The monoisotopic (exact) mass is 250 g/mol. The van der Waals surface area contributed by atoms with E-state index in [4.69, 9.17) is 0 Å². The summed E-state index contributed by atoms with van der Waals surface area (Å²) >= 11 is 0. The lowest BCUT2D eigenvalue weighted by atomic mass is 10.0. The van der Waals surface area contributed by atoms with Gasteiger partial charge >= 0.3 is 0 Å². The quantitative estimate of drug-likeness (QED) is 0.819. The van der Waals surface area contributed by atoms with Crippen LogP contribution in [0.1, 0.15) is 48.5 Å². The molecule has 98 valence electrons. The van der Waals surface area contributed by atoms with Crippen molar-refractivity contribution in [2.24, 2.45) is 5.92 Å². The highest BCUT2D eigenvalue weighted by Crippen LogP contribution is 2.37. The van der Waals surface area contributed by atoms with Gasteiger partial charge in [-0.15, -0.1) is 5.10 Å². The molecule has 0 bridgehead atoms. The normalized spacial score (nSPS) is 27.8. The van der Waals surface area contributed by atoms with Crippen LogP contribution >= 0.6 is 0 Å². The Bertz CT molecular complexity index is 455. The van der Waals surface area contributed by atoms with Crippen LogP contribution in [0.5, 0.6) is 0 Å². The van der Waals surface area contributed by atoms with Crippen LogP contribution in [0.3, 0.4) is 0 Å². The maximum Gasteiger partial charge on any atom is 0.293 e. The molecule has 18 heavy (non-hydrogen) atoms. The molecule has 1 saturated carbocycles. The van der Waals surface area contributed by atoms with Gasteiger partial charge in [0.1, 0.15) is 5.82 Å². The average molecular weight is 250 g/mol. The van der Waals surface area contributed by atoms with Crippen LogP contribution in [0, 0.1) is 5.92 Å². The maximum absolute atomic E-state index is 12.3. The van der Waals surface area contributed by atoms with E-state index in [2.05, 4.69) is 22.1 Å². The Morgan fingerprint density at radius 2 is 2.28 bits per heavy atom. The summed E-state index contributed by atoms with van der Waals surface area (Å²) in [5.41, 5.74) is 0. The largest absolute Gasteiger partial charge is 0.394 e. The minimum Gasteiger partial charge on any atom is -0.394 e. The summed E-state index contributed by atoms with van der Waals surface area (Å²) in [5.74, 6) is 1.70. The lowest BCUT2D eigenvalue weighted by Gasteiger charge is -2.23.